The van der Waals surface area contributed by atoms with Crippen LogP contribution in [0.15, 0.2) is 48.5 Å². The standard InChI is InChI=1S/C21H25N3O3/c25-21(14-19-9-2-3-10-20(19)24(26)27)22-15-17-7-6-8-18(13-17)16-23-11-4-1-5-12-23/h2-3,6-10,13H,1,4-5,11-12,14-16H2,(H,22,25). The van der Waals surface area contributed by atoms with Crippen molar-refractivity contribution < 1.29 is 9.72 Å². The molecule has 0 atom stereocenters. The van der Waals surface area contributed by atoms with E-state index in [0.717, 1.165) is 25.2 Å². The SMILES string of the molecule is O=C(Cc1ccccc1[N+](=O)[O-])NCc1cccc(CN2CCCCC2)c1. The quantitative estimate of drug-likeness (QED) is 0.601. The highest BCUT2D eigenvalue weighted by Crippen LogP contribution is 2.18. The molecule has 0 radical (unpaired) electrons. The summed E-state index contributed by atoms with van der Waals surface area (Å²) in [5.74, 6) is -0.217. The Labute approximate surface area is 159 Å². The third-order valence-corrected chi connectivity index (χ3v) is 4.88. The molecule has 3 rings (SSSR count). The van der Waals surface area contributed by atoms with Crippen molar-refractivity contribution in [3.05, 3.63) is 75.3 Å². The molecule has 6 heteroatoms. The summed E-state index contributed by atoms with van der Waals surface area (Å²) in [6, 6.07) is 14.6. The molecule has 0 spiro atoms. The Morgan fingerprint density at radius 3 is 2.56 bits per heavy atom. The maximum Gasteiger partial charge on any atom is 0.273 e. The van der Waals surface area contributed by atoms with Crippen molar-refractivity contribution in [1.29, 1.82) is 0 Å². The number of hydrogen-bond donors (Lipinski definition) is 1. The molecule has 0 saturated carbocycles. The van der Waals surface area contributed by atoms with E-state index in [1.165, 1.54) is 30.9 Å². The van der Waals surface area contributed by atoms with Gasteiger partial charge in [-0.05, 0) is 37.1 Å². The van der Waals surface area contributed by atoms with E-state index in [-0.39, 0.29) is 18.0 Å². The molecular formula is C21H25N3O3. The van der Waals surface area contributed by atoms with Crippen LogP contribution in [0.5, 0.6) is 0 Å². The molecule has 1 heterocycles. The van der Waals surface area contributed by atoms with E-state index in [1.54, 1.807) is 18.2 Å². The average molecular weight is 367 g/mol. The fourth-order valence-electron chi connectivity index (χ4n) is 3.49. The third-order valence-electron chi connectivity index (χ3n) is 4.88. The molecule has 1 aliphatic rings. The minimum Gasteiger partial charge on any atom is -0.352 e. The number of likely N-dealkylation sites (tertiary alicyclic amines) is 1. The number of benzene rings is 2. The van der Waals surface area contributed by atoms with Gasteiger partial charge in [0, 0.05) is 24.7 Å². The first-order valence-electron chi connectivity index (χ1n) is 9.41. The first-order valence-corrected chi connectivity index (χ1v) is 9.41. The molecule has 27 heavy (non-hydrogen) atoms. The highest BCUT2D eigenvalue weighted by atomic mass is 16.6. The van der Waals surface area contributed by atoms with Crippen molar-refractivity contribution >= 4 is 11.6 Å². The number of nitrogens with one attached hydrogen (secondary N) is 1. The van der Waals surface area contributed by atoms with Crippen LogP contribution in [-0.2, 0) is 24.3 Å². The molecule has 1 fully saturated rings. The number of nitrogens with zero attached hydrogens (tertiary/aromatic N) is 2. The van der Waals surface area contributed by atoms with Crippen LogP contribution in [0.4, 0.5) is 5.69 Å². The molecule has 142 valence electrons. The van der Waals surface area contributed by atoms with Crippen molar-refractivity contribution in [2.45, 2.75) is 38.8 Å². The number of rotatable bonds is 7. The predicted octanol–water partition coefficient (Wildman–Crippen LogP) is 3.44. The number of para-hydroxylation sites is 1. The van der Waals surface area contributed by atoms with Gasteiger partial charge in [0.15, 0.2) is 0 Å². The fourth-order valence-corrected chi connectivity index (χ4v) is 3.49. The summed E-state index contributed by atoms with van der Waals surface area (Å²) in [7, 11) is 0. The normalized spacial score (nSPS) is 14.7. The number of carbonyl (C=O) groups is 1. The summed E-state index contributed by atoms with van der Waals surface area (Å²) >= 11 is 0. The topological polar surface area (TPSA) is 75.5 Å². The molecule has 1 aliphatic heterocycles. The van der Waals surface area contributed by atoms with Crippen LogP contribution in [0.3, 0.4) is 0 Å². The zero-order valence-electron chi connectivity index (χ0n) is 15.4. The minimum atomic E-state index is -0.452. The van der Waals surface area contributed by atoms with Crippen molar-refractivity contribution in [1.82, 2.24) is 10.2 Å². The summed E-state index contributed by atoms with van der Waals surface area (Å²) in [6.07, 6.45) is 3.86. The van der Waals surface area contributed by atoms with E-state index in [9.17, 15) is 14.9 Å². The van der Waals surface area contributed by atoms with Crippen LogP contribution >= 0.6 is 0 Å². The van der Waals surface area contributed by atoms with E-state index < -0.39 is 4.92 Å². The van der Waals surface area contributed by atoms with Gasteiger partial charge in [0.05, 0.1) is 11.3 Å². The minimum absolute atomic E-state index is 0.00459. The van der Waals surface area contributed by atoms with Gasteiger partial charge in [-0.15, -0.1) is 0 Å². The van der Waals surface area contributed by atoms with Crippen LogP contribution < -0.4 is 5.32 Å². The van der Waals surface area contributed by atoms with E-state index in [2.05, 4.69) is 22.3 Å². The van der Waals surface area contributed by atoms with Gasteiger partial charge in [-0.3, -0.25) is 19.8 Å². The van der Waals surface area contributed by atoms with Crippen molar-refractivity contribution in [3.8, 4) is 0 Å². The van der Waals surface area contributed by atoms with E-state index >= 15 is 0 Å². The lowest BCUT2D eigenvalue weighted by Crippen LogP contribution is -2.29. The number of amides is 1. The molecule has 1 N–H and O–H groups in total. The summed E-state index contributed by atoms with van der Waals surface area (Å²) < 4.78 is 0. The molecule has 2 aromatic rings. The number of hydrogen-bond acceptors (Lipinski definition) is 4. The maximum atomic E-state index is 12.2. The molecule has 2 aromatic carbocycles. The van der Waals surface area contributed by atoms with Gasteiger partial charge in [-0.25, -0.2) is 0 Å². The first kappa shape index (κ1) is 19.0. The van der Waals surface area contributed by atoms with Crippen LogP contribution in [0.25, 0.3) is 0 Å². The predicted molar refractivity (Wildman–Crippen MR) is 104 cm³/mol. The molecule has 0 unspecified atom stereocenters. The van der Waals surface area contributed by atoms with Crippen LogP contribution in [0.2, 0.25) is 0 Å². The number of carbonyl (C=O) groups excluding carboxylic acids is 1. The second-order valence-corrected chi connectivity index (χ2v) is 7.00. The van der Waals surface area contributed by atoms with E-state index in [1.807, 2.05) is 12.1 Å². The van der Waals surface area contributed by atoms with E-state index in [0.29, 0.717) is 12.1 Å². The number of piperidine rings is 1. The third kappa shape index (κ3) is 5.62. The Morgan fingerprint density at radius 2 is 1.78 bits per heavy atom. The highest BCUT2D eigenvalue weighted by molar-refractivity contribution is 5.79. The maximum absolute atomic E-state index is 12.2. The average Bonchev–Trinajstić information content (AvgIpc) is 2.68. The monoisotopic (exact) mass is 367 g/mol. The summed E-state index contributed by atoms with van der Waals surface area (Å²) in [5.41, 5.74) is 2.71. The van der Waals surface area contributed by atoms with Gasteiger partial charge in [0.1, 0.15) is 0 Å². The summed E-state index contributed by atoms with van der Waals surface area (Å²) in [4.78, 5) is 25.3. The van der Waals surface area contributed by atoms with Crippen LogP contribution in [0.1, 0.15) is 36.0 Å². The second kappa shape index (κ2) is 9.28. The van der Waals surface area contributed by atoms with E-state index in [4.69, 9.17) is 0 Å². The Morgan fingerprint density at radius 1 is 1.04 bits per heavy atom. The molecule has 1 amide bonds. The molecule has 6 nitrogen and oxygen atoms in total. The lowest BCUT2D eigenvalue weighted by molar-refractivity contribution is -0.385. The van der Waals surface area contributed by atoms with Gasteiger partial charge in [-0.2, -0.15) is 0 Å². The molecule has 1 saturated heterocycles. The Bertz CT molecular complexity index is 801. The van der Waals surface area contributed by atoms with Crippen molar-refractivity contribution in [2.24, 2.45) is 0 Å². The van der Waals surface area contributed by atoms with Crippen LogP contribution in [-0.4, -0.2) is 28.8 Å². The summed E-state index contributed by atoms with van der Waals surface area (Å²) in [6.45, 7) is 3.67. The Balaban J connectivity index is 1.54. The van der Waals surface area contributed by atoms with Crippen molar-refractivity contribution in [3.63, 3.8) is 0 Å². The lowest BCUT2D eigenvalue weighted by Gasteiger charge is -2.26. The zero-order valence-corrected chi connectivity index (χ0v) is 15.4. The Kier molecular flexibility index (Phi) is 6.54. The van der Waals surface area contributed by atoms with Gasteiger partial charge < -0.3 is 5.32 Å². The Hall–Kier alpha value is -2.73. The zero-order chi connectivity index (χ0) is 19.1. The lowest BCUT2D eigenvalue weighted by atomic mass is 10.1. The number of nitro benzene ring substituents is 1. The van der Waals surface area contributed by atoms with Gasteiger partial charge in [0.25, 0.3) is 5.69 Å². The molecular weight excluding hydrogens is 342 g/mol. The first-order chi connectivity index (χ1) is 13.1. The van der Waals surface area contributed by atoms with Gasteiger partial charge in [0.2, 0.25) is 5.91 Å². The highest BCUT2D eigenvalue weighted by Gasteiger charge is 2.15. The van der Waals surface area contributed by atoms with Crippen molar-refractivity contribution in [2.75, 3.05) is 13.1 Å². The smallest absolute Gasteiger partial charge is 0.273 e. The fraction of sp³-hybridized carbons (Fsp3) is 0.381. The number of nitro groups is 1. The van der Waals surface area contributed by atoms with Crippen LogP contribution in [0, 0.1) is 10.1 Å². The van der Waals surface area contributed by atoms with Gasteiger partial charge >= 0.3 is 0 Å². The largest absolute Gasteiger partial charge is 0.352 e. The molecule has 0 aromatic heterocycles. The second-order valence-electron chi connectivity index (χ2n) is 7.00. The van der Waals surface area contributed by atoms with Gasteiger partial charge in [-0.1, -0.05) is 48.9 Å². The molecule has 0 bridgehead atoms. The summed E-state index contributed by atoms with van der Waals surface area (Å²) in [5, 5.41) is 13.9. The molecule has 0 aliphatic carbocycles.